The molecule has 6 heteroatoms. The number of unbranched alkanes of at least 4 members (excludes halogenated alkanes) is 1. The van der Waals surface area contributed by atoms with Gasteiger partial charge in [-0.25, -0.2) is 4.68 Å². The topological polar surface area (TPSA) is 75.2 Å². The lowest BCUT2D eigenvalue weighted by molar-refractivity contribution is 0.0691. The first-order chi connectivity index (χ1) is 18.4. The zero-order chi connectivity index (χ0) is 27.1. The molecule has 0 aliphatic heterocycles. The van der Waals surface area contributed by atoms with Crippen molar-refractivity contribution >= 4 is 11.7 Å². The van der Waals surface area contributed by atoms with Crippen LogP contribution in [0.4, 0.5) is 0 Å². The van der Waals surface area contributed by atoms with Gasteiger partial charge in [0, 0.05) is 17.7 Å². The second-order valence-corrected chi connectivity index (χ2v) is 10.0. The van der Waals surface area contributed by atoms with Crippen LogP contribution in [0.5, 0.6) is 0 Å². The molecule has 0 atom stereocenters. The Morgan fingerprint density at radius 1 is 0.895 bits per heavy atom. The van der Waals surface area contributed by atoms with E-state index in [1.807, 2.05) is 86.6 Å². The molecule has 0 unspecified atom stereocenters. The summed E-state index contributed by atoms with van der Waals surface area (Å²) in [5.41, 5.74) is 3.16. The Hall–Kier alpha value is -4.19. The molecule has 0 spiro atoms. The largest absolute Gasteiger partial charge is 0.331 e. The molecule has 0 bridgehead atoms. The van der Waals surface area contributed by atoms with E-state index in [1.54, 1.807) is 17.0 Å². The maximum atomic E-state index is 13.8. The van der Waals surface area contributed by atoms with E-state index in [4.69, 9.17) is 0 Å². The summed E-state index contributed by atoms with van der Waals surface area (Å²) >= 11 is 0. The lowest BCUT2D eigenvalue weighted by Gasteiger charge is -2.24. The number of hydrogen-bond donors (Lipinski definition) is 1. The average molecular weight is 510 g/mol. The Kier molecular flexibility index (Phi) is 8.74. The highest BCUT2D eigenvalue weighted by Gasteiger charge is 2.27. The zero-order valence-corrected chi connectivity index (χ0v) is 22.3. The monoisotopic (exact) mass is 509 g/mol. The molecule has 0 radical (unpaired) electrons. The zero-order valence-electron chi connectivity index (χ0n) is 22.3. The normalized spacial score (nSPS) is 11.1. The number of aromatic amines is 1. The van der Waals surface area contributed by atoms with Crippen LogP contribution >= 0.6 is 0 Å². The number of benzene rings is 3. The van der Waals surface area contributed by atoms with Gasteiger partial charge in [0.1, 0.15) is 5.56 Å². The van der Waals surface area contributed by atoms with Crippen LogP contribution in [0.25, 0.3) is 16.9 Å². The molecule has 196 valence electrons. The summed E-state index contributed by atoms with van der Waals surface area (Å²) in [5.74, 6) is -0.459. The van der Waals surface area contributed by atoms with Crippen LogP contribution in [0.2, 0.25) is 0 Å². The number of carbonyl (C=O) groups excluding carboxylic acids is 2. The molecule has 1 heterocycles. The van der Waals surface area contributed by atoms with Crippen molar-refractivity contribution < 1.29 is 9.59 Å². The average Bonchev–Trinajstić information content (AvgIpc) is 3.29. The first kappa shape index (κ1) is 26.9. The van der Waals surface area contributed by atoms with Crippen LogP contribution in [0.1, 0.15) is 59.9 Å². The number of aryl methyl sites for hydroxylation is 1. The summed E-state index contributed by atoms with van der Waals surface area (Å²) in [6, 6.07) is 26.1. The van der Waals surface area contributed by atoms with E-state index in [1.165, 1.54) is 10.2 Å². The van der Waals surface area contributed by atoms with Gasteiger partial charge in [-0.2, -0.15) is 0 Å². The van der Waals surface area contributed by atoms with Crippen LogP contribution in [0, 0.1) is 5.92 Å². The van der Waals surface area contributed by atoms with Crippen molar-refractivity contribution in [1.82, 2.24) is 14.7 Å². The molecular weight excluding hydrogens is 474 g/mol. The Morgan fingerprint density at radius 2 is 1.53 bits per heavy atom. The standard InChI is InChI=1S/C32H35N3O3/c1-4-5-12-24-17-19-26(20-18-24)31(37)34(21-23(2)3)22-28(36)29-30(25-13-8-6-9-14-25)33-35(32(29)38)27-15-10-7-11-16-27/h6-11,13-20,23,33H,4-5,12,21-22H2,1-3H3. The predicted molar refractivity (Wildman–Crippen MR) is 152 cm³/mol. The quantitative estimate of drug-likeness (QED) is 0.246. The van der Waals surface area contributed by atoms with Crippen molar-refractivity contribution in [2.24, 2.45) is 5.92 Å². The molecule has 1 amide bonds. The molecule has 0 saturated carbocycles. The van der Waals surface area contributed by atoms with Crippen LogP contribution in [-0.4, -0.2) is 39.5 Å². The first-order valence-corrected chi connectivity index (χ1v) is 13.3. The van der Waals surface area contributed by atoms with E-state index >= 15 is 0 Å². The van der Waals surface area contributed by atoms with E-state index in [-0.39, 0.29) is 23.9 Å². The highest BCUT2D eigenvalue weighted by Crippen LogP contribution is 2.22. The first-order valence-electron chi connectivity index (χ1n) is 13.3. The molecule has 0 aliphatic carbocycles. The molecule has 4 rings (SSSR count). The molecule has 1 N–H and O–H groups in total. The summed E-state index contributed by atoms with van der Waals surface area (Å²) in [6.07, 6.45) is 3.19. The second kappa shape index (κ2) is 12.4. The highest BCUT2D eigenvalue weighted by atomic mass is 16.2. The van der Waals surface area contributed by atoms with Crippen molar-refractivity contribution in [3.63, 3.8) is 0 Å². The van der Waals surface area contributed by atoms with Gasteiger partial charge in [-0.05, 0) is 48.6 Å². The number of para-hydroxylation sites is 1. The second-order valence-electron chi connectivity index (χ2n) is 10.0. The Bertz CT molecular complexity index is 1420. The van der Waals surface area contributed by atoms with Crippen LogP contribution in [-0.2, 0) is 6.42 Å². The lowest BCUT2D eigenvalue weighted by atomic mass is 10.0. The minimum absolute atomic E-state index is 0.0523. The third-order valence-electron chi connectivity index (χ3n) is 6.47. The van der Waals surface area contributed by atoms with E-state index < -0.39 is 11.3 Å². The number of Topliss-reactive ketones (excluding diaryl/α,β-unsaturated/α-hetero) is 1. The molecule has 0 fully saturated rings. The molecule has 0 saturated heterocycles. The van der Waals surface area contributed by atoms with Crippen molar-refractivity contribution in [3.8, 4) is 16.9 Å². The van der Waals surface area contributed by atoms with Gasteiger partial charge in [0.05, 0.1) is 17.9 Å². The van der Waals surface area contributed by atoms with Crippen molar-refractivity contribution in [3.05, 3.63) is 112 Å². The van der Waals surface area contributed by atoms with Crippen LogP contribution in [0.3, 0.4) is 0 Å². The number of nitrogens with one attached hydrogen (secondary N) is 1. The minimum atomic E-state index is -0.433. The minimum Gasteiger partial charge on any atom is -0.331 e. The number of ketones is 1. The van der Waals surface area contributed by atoms with E-state index in [0.29, 0.717) is 23.5 Å². The third kappa shape index (κ3) is 6.20. The van der Waals surface area contributed by atoms with Gasteiger partial charge in [-0.3, -0.25) is 19.5 Å². The van der Waals surface area contributed by atoms with Gasteiger partial charge in [0.2, 0.25) is 0 Å². The lowest BCUT2D eigenvalue weighted by Crippen LogP contribution is -2.39. The van der Waals surface area contributed by atoms with E-state index in [0.717, 1.165) is 24.8 Å². The summed E-state index contributed by atoms with van der Waals surface area (Å²) in [6.45, 7) is 6.39. The Labute approximate surface area is 223 Å². The number of nitrogens with zero attached hydrogens (tertiary/aromatic N) is 2. The SMILES string of the molecule is CCCCc1ccc(C(=O)N(CC(=O)c2c(-c3ccccc3)[nH]n(-c3ccccc3)c2=O)CC(C)C)cc1. The summed E-state index contributed by atoms with van der Waals surface area (Å²) in [7, 11) is 0. The number of rotatable bonds is 11. The maximum absolute atomic E-state index is 13.8. The fourth-order valence-corrected chi connectivity index (χ4v) is 4.56. The molecular formula is C32H35N3O3. The van der Waals surface area contributed by atoms with Crippen LogP contribution in [0.15, 0.2) is 89.7 Å². The van der Waals surface area contributed by atoms with E-state index in [2.05, 4.69) is 12.0 Å². The number of carbonyl (C=O) groups is 2. The molecule has 3 aromatic carbocycles. The fourth-order valence-electron chi connectivity index (χ4n) is 4.56. The van der Waals surface area contributed by atoms with Gasteiger partial charge in [0.25, 0.3) is 11.5 Å². The summed E-state index contributed by atoms with van der Waals surface area (Å²) < 4.78 is 1.39. The third-order valence-corrected chi connectivity index (χ3v) is 6.47. The summed E-state index contributed by atoms with van der Waals surface area (Å²) in [5, 5.41) is 3.14. The van der Waals surface area contributed by atoms with Crippen LogP contribution < -0.4 is 5.56 Å². The van der Waals surface area contributed by atoms with Gasteiger partial charge in [-0.15, -0.1) is 0 Å². The fraction of sp³-hybridized carbons (Fsp3) is 0.281. The molecule has 1 aromatic heterocycles. The number of hydrogen-bond acceptors (Lipinski definition) is 3. The predicted octanol–water partition coefficient (Wildman–Crippen LogP) is 6.16. The van der Waals surface area contributed by atoms with E-state index in [9.17, 15) is 14.4 Å². The maximum Gasteiger partial charge on any atom is 0.282 e. The Morgan fingerprint density at radius 3 is 2.13 bits per heavy atom. The molecule has 0 aliphatic rings. The number of amides is 1. The van der Waals surface area contributed by atoms with Crippen molar-refractivity contribution in [2.75, 3.05) is 13.1 Å². The van der Waals surface area contributed by atoms with Gasteiger partial charge < -0.3 is 4.90 Å². The van der Waals surface area contributed by atoms with Crippen molar-refractivity contribution in [2.45, 2.75) is 40.0 Å². The van der Waals surface area contributed by atoms with Gasteiger partial charge in [-0.1, -0.05) is 87.9 Å². The number of aromatic nitrogens is 2. The summed E-state index contributed by atoms with van der Waals surface area (Å²) in [4.78, 5) is 42.4. The molecule has 4 aromatic rings. The van der Waals surface area contributed by atoms with Gasteiger partial charge in [0.15, 0.2) is 5.78 Å². The van der Waals surface area contributed by atoms with Gasteiger partial charge >= 0.3 is 0 Å². The smallest absolute Gasteiger partial charge is 0.282 e. The number of H-pyrrole nitrogens is 1. The molecule has 38 heavy (non-hydrogen) atoms. The van der Waals surface area contributed by atoms with Crippen molar-refractivity contribution in [1.29, 1.82) is 0 Å². The molecule has 6 nitrogen and oxygen atoms in total. The Balaban J connectivity index is 1.68. The highest BCUT2D eigenvalue weighted by molar-refractivity contribution is 6.05.